The standard InChI is InChI=1S/C18H29N3O3/c1-3-19-18(21-11-8-15(22)9-12-21)20-10-5-13-24-17-7-4-6-16(14-17)23-2/h4,6-7,14-15,22H,3,5,8-13H2,1-2H3,(H,19,20). The number of rotatable bonds is 7. The largest absolute Gasteiger partial charge is 0.497 e. The average Bonchev–Trinajstić information content (AvgIpc) is 2.61. The number of guanidine groups is 1. The molecule has 0 radical (unpaired) electrons. The van der Waals surface area contributed by atoms with E-state index in [4.69, 9.17) is 9.47 Å². The predicted octanol–water partition coefficient (Wildman–Crippen LogP) is 1.89. The number of hydrogen-bond donors (Lipinski definition) is 2. The highest BCUT2D eigenvalue weighted by Crippen LogP contribution is 2.18. The van der Waals surface area contributed by atoms with Crippen molar-refractivity contribution >= 4 is 5.96 Å². The van der Waals surface area contributed by atoms with Gasteiger partial charge in [-0.1, -0.05) is 6.07 Å². The molecule has 6 heteroatoms. The van der Waals surface area contributed by atoms with Crippen LogP contribution in [-0.4, -0.2) is 62.0 Å². The molecule has 1 aliphatic heterocycles. The third-order valence-electron chi connectivity index (χ3n) is 3.97. The molecule has 0 unspecified atom stereocenters. The van der Waals surface area contributed by atoms with E-state index < -0.39 is 0 Å². The van der Waals surface area contributed by atoms with Crippen LogP contribution in [0.15, 0.2) is 29.3 Å². The summed E-state index contributed by atoms with van der Waals surface area (Å²) < 4.78 is 10.9. The molecule has 2 rings (SSSR count). The number of nitrogens with one attached hydrogen (secondary N) is 1. The summed E-state index contributed by atoms with van der Waals surface area (Å²) in [6.45, 7) is 5.96. The summed E-state index contributed by atoms with van der Waals surface area (Å²) in [6.07, 6.45) is 2.30. The average molecular weight is 335 g/mol. The fraction of sp³-hybridized carbons (Fsp3) is 0.611. The fourth-order valence-electron chi connectivity index (χ4n) is 2.63. The quantitative estimate of drug-likeness (QED) is 0.452. The van der Waals surface area contributed by atoms with Crippen LogP contribution < -0.4 is 14.8 Å². The Hall–Kier alpha value is -1.95. The lowest BCUT2D eigenvalue weighted by atomic mass is 10.1. The number of likely N-dealkylation sites (tertiary alicyclic amines) is 1. The lowest BCUT2D eigenvalue weighted by Crippen LogP contribution is -2.46. The minimum atomic E-state index is -0.166. The summed E-state index contributed by atoms with van der Waals surface area (Å²) in [4.78, 5) is 6.89. The Morgan fingerprint density at radius 3 is 2.79 bits per heavy atom. The molecule has 0 aromatic heterocycles. The molecule has 0 amide bonds. The fourth-order valence-corrected chi connectivity index (χ4v) is 2.63. The van der Waals surface area contributed by atoms with E-state index in [0.29, 0.717) is 13.2 Å². The number of aliphatic imine (C=N–C) groups is 1. The van der Waals surface area contributed by atoms with Crippen molar-refractivity contribution in [3.8, 4) is 11.5 Å². The third-order valence-corrected chi connectivity index (χ3v) is 3.97. The predicted molar refractivity (Wildman–Crippen MR) is 95.9 cm³/mol. The van der Waals surface area contributed by atoms with Gasteiger partial charge in [-0.05, 0) is 31.9 Å². The molecule has 0 spiro atoms. The number of piperidine rings is 1. The maximum absolute atomic E-state index is 9.62. The van der Waals surface area contributed by atoms with Crippen LogP contribution >= 0.6 is 0 Å². The molecular weight excluding hydrogens is 306 g/mol. The molecule has 6 nitrogen and oxygen atoms in total. The van der Waals surface area contributed by atoms with Crippen LogP contribution in [0.1, 0.15) is 26.2 Å². The van der Waals surface area contributed by atoms with Crippen molar-refractivity contribution in [3.63, 3.8) is 0 Å². The molecule has 0 saturated carbocycles. The Morgan fingerprint density at radius 2 is 2.08 bits per heavy atom. The van der Waals surface area contributed by atoms with Gasteiger partial charge in [0.15, 0.2) is 5.96 Å². The van der Waals surface area contributed by atoms with Gasteiger partial charge in [-0.2, -0.15) is 0 Å². The molecule has 1 aromatic rings. The van der Waals surface area contributed by atoms with Crippen LogP contribution in [0.5, 0.6) is 11.5 Å². The Balaban J connectivity index is 1.75. The van der Waals surface area contributed by atoms with E-state index in [0.717, 1.165) is 56.4 Å². The lowest BCUT2D eigenvalue weighted by molar-refractivity contribution is 0.108. The normalized spacial score (nSPS) is 16.1. The Bertz CT molecular complexity index is 514. The van der Waals surface area contributed by atoms with E-state index >= 15 is 0 Å². The van der Waals surface area contributed by atoms with Crippen molar-refractivity contribution in [2.45, 2.75) is 32.3 Å². The van der Waals surface area contributed by atoms with Crippen molar-refractivity contribution in [2.24, 2.45) is 4.99 Å². The van der Waals surface area contributed by atoms with Crippen LogP contribution in [0.2, 0.25) is 0 Å². The second-order valence-corrected chi connectivity index (χ2v) is 5.83. The summed E-state index contributed by atoms with van der Waals surface area (Å²) in [5, 5.41) is 12.9. The van der Waals surface area contributed by atoms with Crippen LogP contribution in [0.25, 0.3) is 0 Å². The summed E-state index contributed by atoms with van der Waals surface area (Å²) in [5.74, 6) is 2.55. The van der Waals surface area contributed by atoms with E-state index in [1.165, 1.54) is 0 Å². The molecular formula is C18H29N3O3. The van der Waals surface area contributed by atoms with Crippen molar-refractivity contribution < 1.29 is 14.6 Å². The number of aliphatic hydroxyl groups is 1. The van der Waals surface area contributed by atoms with E-state index in [-0.39, 0.29) is 6.10 Å². The number of nitrogens with zero attached hydrogens (tertiary/aromatic N) is 2. The molecule has 1 aliphatic rings. The number of benzene rings is 1. The molecule has 1 saturated heterocycles. The van der Waals surface area contributed by atoms with Gasteiger partial charge in [-0.3, -0.25) is 4.99 Å². The zero-order chi connectivity index (χ0) is 17.2. The number of aliphatic hydroxyl groups excluding tert-OH is 1. The summed E-state index contributed by atoms with van der Waals surface area (Å²) in [6, 6.07) is 7.62. The van der Waals surface area contributed by atoms with Gasteiger partial charge in [0, 0.05) is 38.7 Å². The summed E-state index contributed by atoms with van der Waals surface area (Å²) >= 11 is 0. The second-order valence-electron chi connectivity index (χ2n) is 5.83. The van der Waals surface area contributed by atoms with E-state index in [1.807, 2.05) is 24.3 Å². The van der Waals surface area contributed by atoms with Gasteiger partial charge in [0.2, 0.25) is 0 Å². The molecule has 0 bridgehead atoms. The highest BCUT2D eigenvalue weighted by atomic mass is 16.5. The Labute approximate surface area is 144 Å². The number of hydrogen-bond acceptors (Lipinski definition) is 4. The molecule has 0 atom stereocenters. The van der Waals surface area contributed by atoms with Crippen molar-refractivity contribution in [3.05, 3.63) is 24.3 Å². The van der Waals surface area contributed by atoms with E-state index in [2.05, 4.69) is 22.1 Å². The second kappa shape index (κ2) is 10.0. The lowest BCUT2D eigenvalue weighted by Gasteiger charge is -2.32. The van der Waals surface area contributed by atoms with Gasteiger partial charge in [0.1, 0.15) is 11.5 Å². The summed E-state index contributed by atoms with van der Waals surface area (Å²) in [5.41, 5.74) is 0. The van der Waals surface area contributed by atoms with Gasteiger partial charge >= 0.3 is 0 Å². The topological polar surface area (TPSA) is 66.3 Å². The monoisotopic (exact) mass is 335 g/mol. The number of methoxy groups -OCH3 is 1. The zero-order valence-electron chi connectivity index (χ0n) is 14.7. The third kappa shape index (κ3) is 5.92. The Morgan fingerprint density at radius 1 is 1.33 bits per heavy atom. The first-order valence-corrected chi connectivity index (χ1v) is 8.71. The van der Waals surface area contributed by atoms with Crippen LogP contribution in [0.4, 0.5) is 0 Å². The van der Waals surface area contributed by atoms with Gasteiger partial charge < -0.3 is 24.8 Å². The first-order chi connectivity index (χ1) is 11.7. The zero-order valence-corrected chi connectivity index (χ0v) is 14.7. The minimum absolute atomic E-state index is 0.166. The van der Waals surface area contributed by atoms with Crippen LogP contribution in [0.3, 0.4) is 0 Å². The molecule has 134 valence electrons. The number of ether oxygens (including phenoxy) is 2. The Kier molecular flexibility index (Phi) is 7.68. The molecule has 1 heterocycles. The van der Waals surface area contributed by atoms with Crippen molar-refractivity contribution in [1.29, 1.82) is 0 Å². The first kappa shape index (κ1) is 18.4. The SMILES string of the molecule is CCNC(=NCCCOc1cccc(OC)c1)N1CCC(O)CC1. The molecule has 1 fully saturated rings. The van der Waals surface area contributed by atoms with Gasteiger partial charge in [-0.15, -0.1) is 0 Å². The van der Waals surface area contributed by atoms with Gasteiger partial charge in [0.05, 0.1) is 19.8 Å². The smallest absolute Gasteiger partial charge is 0.193 e. The first-order valence-electron chi connectivity index (χ1n) is 8.71. The summed E-state index contributed by atoms with van der Waals surface area (Å²) in [7, 11) is 1.65. The van der Waals surface area contributed by atoms with Crippen molar-refractivity contribution in [1.82, 2.24) is 10.2 Å². The van der Waals surface area contributed by atoms with Crippen LogP contribution in [-0.2, 0) is 0 Å². The van der Waals surface area contributed by atoms with E-state index in [1.54, 1.807) is 7.11 Å². The van der Waals surface area contributed by atoms with Gasteiger partial charge in [0.25, 0.3) is 0 Å². The highest BCUT2D eigenvalue weighted by molar-refractivity contribution is 5.80. The maximum Gasteiger partial charge on any atom is 0.193 e. The van der Waals surface area contributed by atoms with E-state index in [9.17, 15) is 5.11 Å². The van der Waals surface area contributed by atoms with Crippen molar-refractivity contribution in [2.75, 3.05) is 39.9 Å². The molecule has 1 aromatic carbocycles. The van der Waals surface area contributed by atoms with Crippen LogP contribution in [0, 0.1) is 0 Å². The molecule has 2 N–H and O–H groups in total. The molecule has 24 heavy (non-hydrogen) atoms. The molecule has 0 aliphatic carbocycles. The van der Waals surface area contributed by atoms with Gasteiger partial charge in [-0.25, -0.2) is 0 Å². The maximum atomic E-state index is 9.62. The highest BCUT2D eigenvalue weighted by Gasteiger charge is 2.19. The minimum Gasteiger partial charge on any atom is -0.497 e.